The molecule has 0 fully saturated rings. The van der Waals surface area contributed by atoms with Crippen LogP contribution in [0.2, 0.25) is 0 Å². The predicted octanol–water partition coefficient (Wildman–Crippen LogP) is 7.95. The van der Waals surface area contributed by atoms with Gasteiger partial charge < -0.3 is 8.82 Å². The maximum atomic E-state index is 6.47. The first-order valence-corrected chi connectivity index (χ1v) is 10.6. The van der Waals surface area contributed by atoms with Crippen molar-refractivity contribution in [3.8, 4) is 0 Å². The van der Waals surface area contributed by atoms with Gasteiger partial charge in [-0.05, 0) is 47.2 Å². The molecule has 8 rings (SSSR count). The van der Waals surface area contributed by atoms with Crippen molar-refractivity contribution in [2.45, 2.75) is 0 Å². The molecule has 0 aliphatic carbocycles. The topological polar surface area (TPSA) is 17.6 Å². The first-order valence-electron chi connectivity index (χ1n) is 9.80. The van der Waals surface area contributed by atoms with Crippen molar-refractivity contribution >= 4 is 80.8 Å². The van der Waals surface area contributed by atoms with Crippen LogP contribution in [0.3, 0.4) is 0 Å². The van der Waals surface area contributed by atoms with E-state index in [2.05, 4.69) is 83.3 Å². The van der Waals surface area contributed by atoms with Gasteiger partial charge in [-0.1, -0.05) is 42.5 Å². The number of aromatic nitrogens is 1. The van der Waals surface area contributed by atoms with Crippen LogP contribution in [0.5, 0.6) is 0 Å². The van der Waals surface area contributed by atoms with E-state index < -0.39 is 0 Å². The summed E-state index contributed by atoms with van der Waals surface area (Å²) < 4.78 is 11.6. The molecular formula is C26H13NOS. The van der Waals surface area contributed by atoms with Gasteiger partial charge in [-0.25, -0.2) is 0 Å². The molecule has 0 unspecified atom stereocenters. The molecule has 2 nitrogen and oxygen atoms in total. The van der Waals surface area contributed by atoms with Crippen LogP contribution in [0.1, 0.15) is 0 Å². The number of furan rings is 1. The monoisotopic (exact) mass is 387 g/mol. The summed E-state index contributed by atoms with van der Waals surface area (Å²) in [6, 6.07) is 28.4. The predicted molar refractivity (Wildman–Crippen MR) is 124 cm³/mol. The van der Waals surface area contributed by atoms with Gasteiger partial charge in [-0.2, -0.15) is 0 Å². The van der Waals surface area contributed by atoms with Gasteiger partial charge in [0.1, 0.15) is 11.1 Å². The lowest BCUT2D eigenvalue weighted by atomic mass is 10.0. The number of hydrogen-bond acceptors (Lipinski definition) is 2. The smallest absolute Gasteiger partial charge is 0.161 e. The number of benzene rings is 4. The molecule has 0 radical (unpaired) electrons. The molecule has 134 valence electrons. The molecule has 8 aromatic rings. The molecule has 0 saturated heterocycles. The molecule has 0 spiro atoms. The molecule has 4 aromatic heterocycles. The highest BCUT2D eigenvalue weighted by atomic mass is 32.1. The Morgan fingerprint density at radius 3 is 2.21 bits per heavy atom. The Kier molecular flexibility index (Phi) is 2.34. The number of para-hydroxylation sites is 1. The minimum absolute atomic E-state index is 0.954. The summed E-state index contributed by atoms with van der Waals surface area (Å²) in [6.07, 6.45) is 0. The van der Waals surface area contributed by atoms with Crippen molar-refractivity contribution in [1.29, 1.82) is 0 Å². The van der Waals surface area contributed by atoms with Crippen LogP contribution in [-0.4, -0.2) is 4.40 Å². The summed E-state index contributed by atoms with van der Waals surface area (Å²) >= 11 is 1.88. The highest BCUT2D eigenvalue weighted by Gasteiger charge is 2.22. The fourth-order valence-electron chi connectivity index (χ4n) is 5.24. The highest BCUT2D eigenvalue weighted by molar-refractivity contribution is 7.26. The summed E-state index contributed by atoms with van der Waals surface area (Å²) in [5.41, 5.74) is 5.55. The lowest BCUT2D eigenvalue weighted by molar-refractivity contribution is 0.673. The lowest BCUT2D eigenvalue weighted by Crippen LogP contribution is -1.88. The Morgan fingerprint density at radius 2 is 1.28 bits per heavy atom. The zero-order valence-corrected chi connectivity index (χ0v) is 16.1. The Bertz CT molecular complexity index is 1910. The van der Waals surface area contributed by atoms with E-state index in [1.165, 1.54) is 58.3 Å². The third kappa shape index (κ3) is 1.54. The second-order valence-electron chi connectivity index (χ2n) is 7.74. The minimum Gasteiger partial charge on any atom is -0.454 e. The third-order valence-corrected chi connectivity index (χ3v) is 7.46. The van der Waals surface area contributed by atoms with E-state index in [1.807, 2.05) is 11.3 Å². The van der Waals surface area contributed by atoms with Gasteiger partial charge in [0.25, 0.3) is 0 Å². The molecule has 0 atom stereocenters. The molecule has 0 aliphatic heterocycles. The van der Waals surface area contributed by atoms with E-state index in [9.17, 15) is 0 Å². The maximum Gasteiger partial charge on any atom is 0.161 e. The largest absolute Gasteiger partial charge is 0.454 e. The minimum atomic E-state index is 0.954. The van der Waals surface area contributed by atoms with Gasteiger partial charge in [-0.15, -0.1) is 11.3 Å². The van der Waals surface area contributed by atoms with Crippen molar-refractivity contribution in [2.24, 2.45) is 0 Å². The number of rotatable bonds is 0. The molecule has 29 heavy (non-hydrogen) atoms. The van der Waals surface area contributed by atoms with E-state index >= 15 is 0 Å². The van der Waals surface area contributed by atoms with E-state index in [0.29, 0.717) is 0 Å². The summed E-state index contributed by atoms with van der Waals surface area (Å²) in [5.74, 6) is 0. The van der Waals surface area contributed by atoms with E-state index in [0.717, 1.165) is 11.2 Å². The molecule has 0 N–H and O–H groups in total. The van der Waals surface area contributed by atoms with Crippen molar-refractivity contribution in [1.82, 2.24) is 4.40 Å². The van der Waals surface area contributed by atoms with Crippen LogP contribution in [0.4, 0.5) is 0 Å². The Labute approximate surface area is 168 Å². The van der Waals surface area contributed by atoms with Crippen LogP contribution in [-0.2, 0) is 0 Å². The van der Waals surface area contributed by atoms with Gasteiger partial charge >= 0.3 is 0 Å². The Morgan fingerprint density at radius 1 is 0.586 bits per heavy atom. The summed E-state index contributed by atoms with van der Waals surface area (Å²) in [6.45, 7) is 0. The molecule has 0 saturated carbocycles. The molecule has 4 heterocycles. The standard InChI is InChI=1S/C26H13NOS/c1-2-9-17-16(6-1)26-25-22-14(7-3-11-19(22)28-26)15-8-4-12-20-23(15)24-18(27(17)25)10-5-13-21(24)29-20/h1-13H. The zero-order chi connectivity index (χ0) is 18.7. The van der Waals surface area contributed by atoms with Crippen LogP contribution < -0.4 is 0 Å². The fourth-order valence-corrected chi connectivity index (χ4v) is 6.40. The van der Waals surface area contributed by atoms with Crippen LogP contribution in [0.15, 0.2) is 83.3 Å². The van der Waals surface area contributed by atoms with Crippen LogP contribution >= 0.6 is 11.3 Å². The number of thiophene rings is 1. The average molecular weight is 387 g/mol. The number of nitrogens with zero attached hydrogens (tertiary/aromatic N) is 1. The molecule has 0 aliphatic rings. The van der Waals surface area contributed by atoms with Crippen molar-refractivity contribution in [3.05, 3.63) is 78.9 Å². The third-order valence-electron chi connectivity index (χ3n) is 6.33. The van der Waals surface area contributed by atoms with E-state index in [1.54, 1.807) is 0 Å². The van der Waals surface area contributed by atoms with Crippen molar-refractivity contribution in [2.75, 3.05) is 0 Å². The summed E-state index contributed by atoms with van der Waals surface area (Å²) in [7, 11) is 0. The first kappa shape index (κ1) is 14.4. The second-order valence-corrected chi connectivity index (χ2v) is 8.83. The maximum absolute atomic E-state index is 6.47. The van der Waals surface area contributed by atoms with Crippen LogP contribution in [0.25, 0.3) is 69.4 Å². The number of hydrogen-bond donors (Lipinski definition) is 0. The lowest BCUT2D eigenvalue weighted by Gasteiger charge is -2.07. The molecule has 3 heteroatoms. The normalized spacial score (nSPS) is 12.8. The summed E-state index contributed by atoms with van der Waals surface area (Å²) in [4.78, 5) is 0. The van der Waals surface area contributed by atoms with E-state index in [4.69, 9.17) is 4.42 Å². The second kappa shape index (κ2) is 4.70. The Hall–Kier alpha value is -3.56. The highest BCUT2D eigenvalue weighted by Crippen LogP contribution is 2.46. The summed E-state index contributed by atoms with van der Waals surface area (Å²) in [5, 5.41) is 7.62. The molecule has 4 aromatic carbocycles. The van der Waals surface area contributed by atoms with Crippen LogP contribution in [0, 0.1) is 0 Å². The van der Waals surface area contributed by atoms with Gasteiger partial charge in [0.2, 0.25) is 0 Å². The first-order chi connectivity index (χ1) is 14.4. The van der Waals surface area contributed by atoms with Gasteiger partial charge in [0, 0.05) is 25.6 Å². The van der Waals surface area contributed by atoms with E-state index in [-0.39, 0.29) is 0 Å². The number of fused-ring (bicyclic) bond motifs is 5. The van der Waals surface area contributed by atoms with Crippen molar-refractivity contribution < 1.29 is 4.42 Å². The Balaban J connectivity index is 1.96. The average Bonchev–Trinajstić information content (AvgIpc) is 3.40. The molecule has 0 bridgehead atoms. The quantitative estimate of drug-likeness (QED) is 0.258. The van der Waals surface area contributed by atoms with Crippen molar-refractivity contribution in [3.63, 3.8) is 0 Å². The molecule has 0 amide bonds. The molecular weight excluding hydrogens is 374 g/mol. The zero-order valence-electron chi connectivity index (χ0n) is 15.3. The van der Waals surface area contributed by atoms with Gasteiger partial charge in [-0.3, -0.25) is 0 Å². The SMILES string of the molecule is c1cc2sc3cccc4c3c2c(c1)c1cccc2oc3c5ccccc5n4c3c21. The fraction of sp³-hybridized carbons (Fsp3) is 0. The van der Waals surface area contributed by atoms with Gasteiger partial charge in [0.15, 0.2) is 5.58 Å². The van der Waals surface area contributed by atoms with Gasteiger partial charge in [0.05, 0.1) is 16.4 Å².